The lowest BCUT2D eigenvalue weighted by Crippen LogP contribution is -2.37. The van der Waals surface area contributed by atoms with Crippen LogP contribution in [0.3, 0.4) is 0 Å². The van der Waals surface area contributed by atoms with E-state index < -0.39 is 0 Å². The standard InChI is InChI=1S/C16H24BrIN2/c1-19(12-13-20-9-3-2-4-10-20)11-8-14-6-5-7-15(17)16(14)18/h5-7H,2-4,8-13H2,1H3. The molecule has 1 aromatic carbocycles. The maximum Gasteiger partial charge on any atom is 0.0311 e. The minimum atomic E-state index is 1.13. The van der Waals surface area contributed by atoms with Crippen molar-refractivity contribution < 1.29 is 0 Å². The Morgan fingerprint density at radius 2 is 1.95 bits per heavy atom. The summed E-state index contributed by atoms with van der Waals surface area (Å²) in [4.78, 5) is 5.08. The van der Waals surface area contributed by atoms with Gasteiger partial charge in [-0.25, -0.2) is 0 Å². The Balaban J connectivity index is 1.71. The first kappa shape index (κ1) is 16.7. The third kappa shape index (κ3) is 5.28. The van der Waals surface area contributed by atoms with Gasteiger partial charge >= 0.3 is 0 Å². The van der Waals surface area contributed by atoms with Gasteiger partial charge in [0.05, 0.1) is 0 Å². The van der Waals surface area contributed by atoms with Crippen LogP contribution >= 0.6 is 38.5 Å². The molecule has 1 saturated heterocycles. The van der Waals surface area contributed by atoms with Crippen LogP contribution in [0.5, 0.6) is 0 Å². The minimum absolute atomic E-state index is 1.13. The third-order valence-electron chi connectivity index (χ3n) is 4.04. The van der Waals surface area contributed by atoms with Gasteiger partial charge in [-0.15, -0.1) is 0 Å². The van der Waals surface area contributed by atoms with Crippen LogP contribution in [0.2, 0.25) is 0 Å². The molecule has 0 atom stereocenters. The van der Waals surface area contributed by atoms with Crippen molar-refractivity contribution in [2.75, 3.05) is 39.8 Å². The smallest absolute Gasteiger partial charge is 0.0311 e. The van der Waals surface area contributed by atoms with E-state index in [1.165, 1.54) is 59.0 Å². The van der Waals surface area contributed by atoms with Crippen molar-refractivity contribution in [2.24, 2.45) is 0 Å². The van der Waals surface area contributed by atoms with E-state index >= 15 is 0 Å². The number of likely N-dealkylation sites (tertiary alicyclic amines) is 1. The predicted octanol–water partition coefficient (Wildman–Crippen LogP) is 4.01. The second-order valence-electron chi connectivity index (χ2n) is 5.67. The maximum absolute atomic E-state index is 3.61. The number of nitrogens with zero attached hydrogens (tertiary/aromatic N) is 2. The quantitative estimate of drug-likeness (QED) is 0.604. The van der Waals surface area contributed by atoms with Gasteiger partial charge < -0.3 is 9.80 Å². The largest absolute Gasteiger partial charge is 0.305 e. The monoisotopic (exact) mass is 450 g/mol. The molecule has 0 radical (unpaired) electrons. The summed E-state index contributed by atoms with van der Waals surface area (Å²) >= 11 is 6.04. The zero-order chi connectivity index (χ0) is 14.4. The van der Waals surface area contributed by atoms with Gasteiger partial charge in [-0.05, 0) is 89.6 Å². The molecule has 0 saturated carbocycles. The highest BCUT2D eigenvalue weighted by atomic mass is 127. The van der Waals surface area contributed by atoms with Crippen LogP contribution < -0.4 is 0 Å². The van der Waals surface area contributed by atoms with E-state index in [2.05, 4.69) is 73.6 Å². The summed E-state index contributed by atoms with van der Waals surface area (Å²) in [6.07, 6.45) is 5.34. The van der Waals surface area contributed by atoms with E-state index in [1.807, 2.05) is 0 Å². The summed E-state index contributed by atoms with van der Waals surface area (Å²) < 4.78 is 2.57. The average molecular weight is 451 g/mol. The molecular weight excluding hydrogens is 427 g/mol. The van der Waals surface area contributed by atoms with Gasteiger partial charge in [-0.2, -0.15) is 0 Å². The fourth-order valence-electron chi connectivity index (χ4n) is 2.66. The zero-order valence-corrected chi connectivity index (χ0v) is 16.0. The second kappa shape index (κ2) is 8.71. The van der Waals surface area contributed by atoms with Crippen molar-refractivity contribution in [3.63, 3.8) is 0 Å². The Morgan fingerprint density at radius 3 is 2.70 bits per heavy atom. The lowest BCUT2D eigenvalue weighted by molar-refractivity contribution is 0.197. The van der Waals surface area contributed by atoms with Crippen LogP contribution in [0.4, 0.5) is 0 Å². The molecule has 0 spiro atoms. The van der Waals surface area contributed by atoms with Gasteiger partial charge in [0.25, 0.3) is 0 Å². The Morgan fingerprint density at radius 1 is 1.20 bits per heavy atom. The molecule has 1 aromatic rings. The number of benzene rings is 1. The highest BCUT2D eigenvalue weighted by Gasteiger charge is 2.11. The van der Waals surface area contributed by atoms with E-state index in [1.54, 1.807) is 0 Å². The Kier molecular flexibility index (Phi) is 7.28. The van der Waals surface area contributed by atoms with Crippen molar-refractivity contribution >= 4 is 38.5 Å². The molecule has 0 unspecified atom stereocenters. The van der Waals surface area contributed by atoms with Crippen LogP contribution in [0, 0.1) is 3.57 Å². The molecule has 1 heterocycles. The molecule has 0 aliphatic carbocycles. The van der Waals surface area contributed by atoms with Crippen molar-refractivity contribution in [3.8, 4) is 0 Å². The summed E-state index contributed by atoms with van der Waals surface area (Å²) in [5.41, 5.74) is 1.45. The molecule has 0 amide bonds. The number of hydrogen-bond acceptors (Lipinski definition) is 2. The van der Waals surface area contributed by atoms with Crippen LogP contribution in [0.1, 0.15) is 24.8 Å². The molecule has 2 rings (SSSR count). The Bertz CT molecular complexity index is 419. The molecule has 2 nitrogen and oxygen atoms in total. The van der Waals surface area contributed by atoms with Crippen LogP contribution in [0.15, 0.2) is 22.7 Å². The fourth-order valence-corrected chi connectivity index (χ4v) is 3.70. The Hall–Kier alpha value is 0.350. The highest BCUT2D eigenvalue weighted by molar-refractivity contribution is 14.1. The van der Waals surface area contributed by atoms with Crippen LogP contribution in [-0.4, -0.2) is 49.6 Å². The average Bonchev–Trinajstić information content (AvgIpc) is 2.48. The minimum Gasteiger partial charge on any atom is -0.305 e. The van der Waals surface area contributed by atoms with Gasteiger partial charge in [0.1, 0.15) is 0 Å². The number of hydrogen-bond donors (Lipinski definition) is 0. The summed E-state index contributed by atoms with van der Waals surface area (Å²) in [7, 11) is 2.24. The molecule has 0 bridgehead atoms. The third-order valence-corrected chi connectivity index (χ3v) is 6.72. The zero-order valence-electron chi connectivity index (χ0n) is 12.2. The van der Waals surface area contributed by atoms with Gasteiger partial charge in [0, 0.05) is 27.7 Å². The van der Waals surface area contributed by atoms with Crippen molar-refractivity contribution in [3.05, 3.63) is 31.8 Å². The first-order valence-corrected chi connectivity index (χ1v) is 9.38. The molecule has 1 fully saturated rings. The molecule has 1 aliphatic heterocycles. The number of rotatable bonds is 6. The molecule has 1 aliphatic rings. The SMILES string of the molecule is CN(CCc1cccc(Br)c1I)CCN1CCCCC1. The second-order valence-corrected chi connectivity index (χ2v) is 7.60. The summed E-state index contributed by atoms with van der Waals surface area (Å²) in [5, 5.41) is 0. The summed E-state index contributed by atoms with van der Waals surface area (Å²) in [5.74, 6) is 0. The first-order valence-electron chi connectivity index (χ1n) is 7.50. The molecule has 0 aromatic heterocycles. The molecule has 0 N–H and O–H groups in total. The van der Waals surface area contributed by atoms with E-state index in [0.717, 1.165) is 13.0 Å². The molecule has 4 heteroatoms. The topological polar surface area (TPSA) is 6.48 Å². The fraction of sp³-hybridized carbons (Fsp3) is 0.625. The normalized spacial score (nSPS) is 16.8. The highest BCUT2D eigenvalue weighted by Crippen LogP contribution is 2.22. The number of likely N-dealkylation sites (N-methyl/N-ethyl adjacent to an activating group) is 1. The molecule has 112 valence electrons. The molecule has 20 heavy (non-hydrogen) atoms. The maximum atomic E-state index is 3.61. The van der Waals surface area contributed by atoms with Gasteiger partial charge in [0.2, 0.25) is 0 Å². The van der Waals surface area contributed by atoms with Crippen molar-refractivity contribution in [2.45, 2.75) is 25.7 Å². The summed E-state index contributed by atoms with van der Waals surface area (Å²) in [6, 6.07) is 6.49. The van der Waals surface area contributed by atoms with E-state index in [0.29, 0.717) is 0 Å². The van der Waals surface area contributed by atoms with E-state index in [9.17, 15) is 0 Å². The number of halogens is 2. The van der Waals surface area contributed by atoms with Crippen molar-refractivity contribution in [1.29, 1.82) is 0 Å². The predicted molar refractivity (Wildman–Crippen MR) is 98.4 cm³/mol. The lowest BCUT2D eigenvalue weighted by Gasteiger charge is -2.28. The first-order chi connectivity index (χ1) is 9.66. The number of piperidine rings is 1. The lowest BCUT2D eigenvalue weighted by atomic mass is 10.1. The van der Waals surface area contributed by atoms with Crippen LogP contribution in [-0.2, 0) is 6.42 Å². The van der Waals surface area contributed by atoms with E-state index in [-0.39, 0.29) is 0 Å². The van der Waals surface area contributed by atoms with Crippen molar-refractivity contribution in [1.82, 2.24) is 9.80 Å². The Labute approximate surface area is 145 Å². The van der Waals surface area contributed by atoms with Gasteiger partial charge in [0.15, 0.2) is 0 Å². The summed E-state index contributed by atoms with van der Waals surface area (Å²) in [6.45, 7) is 6.16. The van der Waals surface area contributed by atoms with E-state index in [4.69, 9.17) is 0 Å². The molecular formula is C16H24BrIN2. The van der Waals surface area contributed by atoms with Gasteiger partial charge in [-0.1, -0.05) is 18.6 Å². The van der Waals surface area contributed by atoms with Gasteiger partial charge in [-0.3, -0.25) is 0 Å². The van der Waals surface area contributed by atoms with Crippen LogP contribution in [0.25, 0.3) is 0 Å².